The number of nitrogens with zero attached hydrogens (tertiary/aromatic N) is 2. The van der Waals surface area contributed by atoms with E-state index >= 15 is 0 Å². The zero-order valence-electron chi connectivity index (χ0n) is 18.8. The van der Waals surface area contributed by atoms with Crippen LogP contribution in [-0.2, 0) is 22.9 Å². The third kappa shape index (κ3) is 3.62. The molecule has 0 radical (unpaired) electrons. The van der Waals surface area contributed by atoms with Crippen molar-refractivity contribution in [3.05, 3.63) is 98.4 Å². The Hall–Kier alpha value is -3.25. The number of rotatable bonds is 4. The van der Waals surface area contributed by atoms with Gasteiger partial charge in [0.15, 0.2) is 0 Å². The summed E-state index contributed by atoms with van der Waals surface area (Å²) in [4.78, 5) is 0.627. The molecular formula is C28H18BrFN2O2S2. The average Bonchev–Trinajstić information content (AvgIpc) is 3.59. The van der Waals surface area contributed by atoms with Crippen LogP contribution >= 0.6 is 27.3 Å². The summed E-state index contributed by atoms with van der Waals surface area (Å²) in [5.41, 5.74) is 4.71. The van der Waals surface area contributed by atoms with E-state index in [4.69, 9.17) is 0 Å². The quantitative estimate of drug-likeness (QED) is 0.222. The Morgan fingerprint density at radius 1 is 1.00 bits per heavy atom. The second-order valence-electron chi connectivity index (χ2n) is 8.72. The molecule has 178 valence electrons. The van der Waals surface area contributed by atoms with Gasteiger partial charge in [0.25, 0.3) is 10.0 Å². The molecule has 36 heavy (non-hydrogen) atoms. The van der Waals surface area contributed by atoms with E-state index in [2.05, 4.69) is 22.0 Å². The first-order valence-electron chi connectivity index (χ1n) is 11.3. The molecule has 1 aliphatic rings. The molecule has 0 spiro atoms. The second-order valence-corrected chi connectivity index (χ2v) is 12.3. The van der Waals surface area contributed by atoms with Crippen molar-refractivity contribution in [3.63, 3.8) is 0 Å². The Kier molecular flexibility index (Phi) is 5.60. The maximum absolute atomic E-state index is 14.6. The number of hydrogen-bond donors (Lipinski definition) is 0. The summed E-state index contributed by atoms with van der Waals surface area (Å²) < 4.78 is 45.4. The highest BCUT2D eigenvalue weighted by molar-refractivity contribution is 9.10. The lowest BCUT2D eigenvalue weighted by Gasteiger charge is -2.15. The van der Waals surface area contributed by atoms with Crippen molar-refractivity contribution in [1.29, 1.82) is 5.26 Å². The standard InChI is InChI=1S/C28H18BrFN2O2S2/c29-20-6-2-5-19(13-20)28-27(23-11-12-35-26(23)16-31)24-15-21(30)8-10-25(24)32(28)36(33,34)22-9-7-17-3-1-4-18(17)14-22/h2,5-15H,1,3-4H2. The summed E-state index contributed by atoms with van der Waals surface area (Å²) in [6, 6.07) is 20.8. The van der Waals surface area contributed by atoms with Gasteiger partial charge in [-0.05, 0) is 84.3 Å². The fraction of sp³-hybridized carbons (Fsp3) is 0.107. The van der Waals surface area contributed by atoms with Crippen molar-refractivity contribution < 1.29 is 12.8 Å². The van der Waals surface area contributed by atoms with Crippen molar-refractivity contribution >= 4 is 48.2 Å². The van der Waals surface area contributed by atoms with Gasteiger partial charge in [-0.3, -0.25) is 0 Å². The minimum atomic E-state index is -4.08. The molecule has 5 aromatic rings. The highest BCUT2D eigenvalue weighted by Gasteiger charge is 2.31. The molecule has 2 aromatic heterocycles. The summed E-state index contributed by atoms with van der Waals surface area (Å²) in [7, 11) is -4.08. The van der Waals surface area contributed by atoms with E-state index in [1.807, 2.05) is 30.3 Å². The van der Waals surface area contributed by atoms with Crippen molar-refractivity contribution in [1.82, 2.24) is 3.97 Å². The molecule has 3 aromatic carbocycles. The molecule has 0 unspecified atom stereocenters. The smallest absolute Gasteiger partial charge is 0.233 e. The van der Waals surface area contributed by atoms with Gasteiger partial charge in [0.05, 0.1) is 16.1 Å². The van der Waals surface area contributed by atoms with Gasteiger partial charge in [-0.1, -0.05) is 34.1 Å². The van der Waals surface area contributed by atoms with Gasteiger partial charge >= 0.3 is 0 Å². The zero-order valence-corrected chi connectivity index (χ0v) is 22.1. The SMILES string of the molecule is N#Cc1sccc1-c1c(-c2cccc(Br)c2)n(S(=O)(=O)c2ccc3c(c2)CCC3)c2ccc(F)cc12. The van der Waals surface area contributed by atoms with E-state index in [1.54, 1.807) is 23.6 Å². The van der Waals surface area contributed by atoms with Gasteiger partial charge in [0, 0.05) is 26.5 Å². The molecule has 0 amide bonds. The predicted molar refractivity (Wildman–Crippen MR) is 144 cm³/mol. The molecule has 0 bridgehead atoms. The molecule has 4 nitrogen and oxygen atoms in total. The van der Waals surface area contributed by atoms with Crippen LogP contribution in [0.25, 0.3) is 33.3 Å². The van der Waals surface area contributed by atoms with Gasteiger partial charge in [-0.15, -0.1) is 11.3 Å². The third-order valence-electron chi connectivity index (χ3n) is 6.63. The van der Waals surface area contributed by atoms with Gasteiger partial charge in [-0.2, -0.15) is 5.26 Å². The fourth-order valence-electron chi connectivity index (χ4n) is 5.06. The van der Waals surface area contributed by atoms with Crippen molar-refractivity contribution in [2.45, 2.75) is 24.2 Å². The summed E-state index contributed by atoms with van der Waals surface area (Å²) in [5, 5.41) is 12.0. The van der Waals surface area contributed by atoms with Crippen molar-refractivity contribution in [2.24, 2.45) is 0 Å². The fourth-order valence-corrected chi connectivity index (χ4v) is 7.75. The van der Waals surface area contributed by atoms with Crippen LogP contribution in [0.1, 0.15) is 22.4 Å². The lowest BCUT2D eigenvalue weighted by molar-refractivity contribution is 0.589. The van der Waals surface area contributed by atoms with E-state index in [1.165, 1.54) is 39.1 Å². The molecule has 0 saturated heterocycles. The Morgan fingerprint density at radius 3 is 2.64 bits per heavy atom. The van der Waals surface area contributed by atoms with Crippen LogP contribution < -0.4 is 0 Å². The highest BCUT2D eigenvalue weighted by atomic mass is 79.9. The first kappa shape index (κ1) is 23.2. The molecule has 0 fully saturated rings. The molecule has 0 N–H and O–H groups in total. The molecule has 0 saturated carbocycles. The molecule has 2 heterocycles. The van der Waals surface area contributed by atoms with Crippen LogP contribution in [0.15, 0.2) is 81.5 Å². The maximum atomic E-state index is 14.6. The number of halogens is 2. The zero-order chi connectivity index (χ0) is 25.0. The largest absolute Gasteiger partial charge is 0.268 e. The second kappa shape index (κ2) is 8.70. The Labute approximate surface area is 220 Å². The van der Waals surface area contributed by atoms with Crippen LogP contribution in [0.5, 0.6) is 0 Å². The van der Waals surface area contributed by atoms with Gasteiger partial charge in [0.2, 0.25) is 0 Å². The number of benzene rings is 3. The number of hydrogen-bond acceptors (Lipinski definition) is 4. The summed E-state index contributed by atoms with van der Waals surface area (Å²) in [5.74, 6) is -0.481. The van der Waals surface area contributed by atoms with Crippen LogP contribution in [-0.4, -0.2) is 12.4 Å². The van der Waals surface area contributed by atoms with E-state index in [-0.39, 0.29) is 4.90 Å². The van der Waals surface area contributed by atoms with E-state index in [0.29, 0.717) is 38.2 Å². The third-order valence-corrected chi connectivity index (χ3v) is 9.65. The lowest BCUT2D eigenvalue weighted by atomic mass is 9.99. The minimum Gasteiger partial charge on any atom is -0.233 e. The molecule has 0 aliphatic heterocycles. The molecule has 0 atom stereocenters. The normalized spacial score (nSPS) is 13.1. The number of fused-ring (bicyclic) bond motifs is 2. The number of aryl methyl sites for hydroxylation is 2. The number of nitriles is 1. The van der Waals surface area contributed by atoms with Crippen molar-refractivity contribution in [2.75, 3.05) is 0 Å². The summed E-state index contributed by atoms with van der Waals surface area (Å²) in [6.45, 7) is 0. The predicted octanol–water partition coefficient (Wildman–Crippen LogP) is 7.54. The van der Waals surface area contributed by atoms with Crippen LogP contribution in [0, 0.1) is 17.1 Å². The first-order chi connectivity index (χ1) is 17.4. The van der Waals surface area contributed by atoms with Gasteiger partial charge in [-0.25, -0.2) is 16.8 Å². The Balaban J connectivity index is 1.77. The Morgan fingerprint density at radius 2 is 1.83 bits per heavy atom. The minimum absolute atomic E-state index is 0.193. The van der Waals surface area contributed by atoms with E-state index in [9.17, 15) is 18.1 Å². The van der Waals surface area contributed by atoms with Crippen LogP contribution in [0.2, 0.25) is 0 Å². The van der Waals surface area contributed by atoms with Gasteiger partial charge in [0.1, 0.15) is 16.8 Å². The lowest BCUT2D eigenvalue weighted by Crippen LogP contribution is -2.15. The number of thiophene rings is 1. The van der Waals surface area contributed by atoms with E-state index in [0.717, 1.165) is 29.3 Å². The highest BCUT2D eigenvalue weighted by Crippen LogP contribution is 2.45. The van der Waals surface area contributed by atoms with Crippen LogP contribution in [0.3, 0.4) is 0 Å². The molecule has 6 rings (SSSR count). The maximum Gasteiger partial charge on any atom is 0.268 e. The van der Waals surface area contributed by atoms with Crippen LogP contribution in [0.4, 0.5) is 4.39 Å². The topological polar surface area (TPSA) is 62.9 Å². The summed E-state index contributed by atoms with van der Waals surface area (Å²) in [6.07, 6.45) is 2.80. The van der Waals surface area contributed by atoms with E-state index < -0.39 is 15.8 Å². The Bertz CT molecular complexity index is 1830. The molecule has 1 aliphatic carbocycles. The van der Waals surface area contributed by atoms with Gasteiger partial charge < -0.3 is 0 Å². The number of aromatic nitrogens is 1. The monoisotopic (exact) mass is 576 g/mol. The molecular weight excluding hydrogens is 559 g/mol. The molecule has 8 heteroatoms. The average molecular weight is 578 g/mol. The summed E-state index contributed by atoms with van der Waals surface area (Å²) >= 11 is 4.77. The first-order valence-corrected chi connectivity index (χ1v) is 14.4. The van der Waals surface area contributed by atoms with Crippen molar-refractivity contribution in [3.8, 4) is 28.5 Å².